The van der Waals surface area contributed by atoms with Crippen LogP contribution in [0.5, 0.6) is 0 Å². The van der Waals surface area contributed by atoms with Crippen LogP contribution in [-0.4, -0.2) is 15.0 Å². The highest BCUT2D eigenvalue weighted by Gasteiger charge is 2.12. The third-order valence-corrected chi connectivity index (χ3v) is 2.65. The third-order valence-electron chi connectivity index (χ3n) is 2.65. The highest BCUT2D eigenvalue weighted by Crippen LogP contribution is 2.27. The smallest absolute Gasteiger partial charge is 0.220 e. The first-order chi connectivity index (χ1) is 8.75. The summed E-state index contributed by atoms with van der Waals surface area (Å²) in [5.74, 6) is -0.471. The molecule has 2 N–H and O–H groups in total. The quantitative estimate of drug-likeness (QED) is 0.709. The van der Waals surface area contributed by atoms with E-state index in [9.17, 15) is 4.39 Å². The second-order valence-corrected chi connectivity index (χ2v) is 3.81. The van der Waals surface area contributed by atoms with E-state index in [1.165, 1.54) is 0 Å². The largest absolute Gasteiger partial charge is 0.368 e. The molecule has 0 spiro atoms. The van der Waals surface area contributed by atoms with Crippen molar-refractivity contribution >= 4 is 16.9 Å². The van der Waals surface area contributed by atoms with Gasteiger partial charge in [-0.05, 0) is 6.07 Å². The number of fused-ring (bicyclic) bond motifs is 1. The van der Waals surface area contributed by atoms with Crippen molar-refractivity contribution in [3.05, 3.63) is 48.5 Å². The van der Waals surface area contributed by atoms with Crippen LogP contribution >= 0.6 is 0 Å². The summed E-state index contributed by atoms with van der Waals surface area (Å²) in [6.45, 7) is 0. The molecule has 0 aliphatic heterocycles. The molecular formula is C13H9FN4. The average molecular weight is 240 g/mol. The number of hydrogen-bond acceptors (Lipinski definition) is 4. The van der Waals surface area contributed by atoms with Crippen LogP contribution in [0.4, 0.5) is 10.3 Å². The van der Waals surface area contributed by atoms with Crippen molar-refractivity contribution in [3.8, 4) is 11.3 Å². The Bertz CT molecular complexity index is 722. The van der Waals surface area contributed by atoms with E-state index in [1.807, 2.05) is 24.3 Å². The van der Waals surface area contributed by atoms with Gasteiger partial charge in [0.05, 0.1) is 11.7 Å². The molecule has 2 heterocycles. The first-order valence-corrected chi connectivity index (χ1v) is 5.38. The van der Waals surface area contributed by atoms with Gasteiger partial charge in [0.15, 0.2) is 5.82 Å². The Balaban J connectivity index is 2.35. The normalized spacial score (nSPS) is 10.7. The monoisotopic (exact) mass is 240 g/mol. The van der Waals surface area contributed by atoms with Gasteiger partial charge in [-0.1, -0.05) is 24.3 Å². The van der Waals surface area contributed by atoms with Gasteiger partial charge in [0.1, 0.15) is 5.69 Å². The number of benzene rings is 1. The molecule has 3 aromatic rings. The van der Waals surface area contributed by atoms with Crippen molar-refractivity contribution in [2.45, 2.75) is 0 Å². The second-order valence-electron chi connectivity index (χ2n) is 3.81. The number of para-hydroxylation sites is 1. The molecular weight excluding hydrogens is 231 g/mol. The summed E-state index contributed by atoms with van der Waals surface area (Å²) < 4.78 is 13.8. The summed E-state index contributed by atoms with van der Waals surface area (Å²) in [5.41, 5.74) is 6.98. The Hall–Kier alpha value is -2.56. The first-order valence-electron chi connectivity index (χ1n) is 5.38. The summed E-state index contributed by atoms with van der Waals surface area (Å²) >= 11 is 0. The minimum Gasteiger partial charge on any atom is -0.368 e. The predicted octanol–water partition coefficient (Wildman–Crippen LogP) is 2.41. The number of hydrogen-bond donors (Lipinski definition) is 1. The Morgan fingerprint density at radius 1 is 1.06 bits per heavy atom. The fraction of sp³-hybridized carbons (Fsp3) is 0. The number of nitrogens with zero attached hydrogens (tertiary/aromatic N) is 3. The van der Waals surface area contributed by atoms with Crippen LogP contribution in [0.1, 0.15) is 0 Å². The van der Waals surface area contributed by atoms with Gasteiger partial charge in [0.2, 0.25) is 5.95 Å². The zero-order chi connectivity index (χ0) is 12.5. The maximum atomic E-state index is 13.8. The second kappa shape index (κ2) is 4.03. The summed E-state index contributed by atoms with van der Waals surface area (Å²) in [7, 11) is 0. The molecule has 0 atom stereocenters. The summed E-state index contributed by atoms with van der Waals surface area (Å²) in [6, 6.07) is 9.25. The molecule has 1 aromatic carbocycles. The van der Waals surface area contributed by atoms with Crippen molar-refractivity contribution in [3.63, 3.8) is 0 Å². The van der Waals surface area contributed by atoms with Crippen molar-refractivity contribution in [1.29, 1.82) is 0 Å². The molecule has 0 bridgehead atoms. The average Bonchev–Trinajstić information content (AvgIpc) is 2.41. The fourth-order valence-electron chi connectivity index (χ4n) is 1.86. The molecule has 0 amide bonds. The zero-order valence-corrected chi connectivity index (χ0v) is 9.34. The Morgan fingerprint density at radius 3 is 2.78 bits per heavy atom. The Kier molecular flexibility index (Phi) is 2.37. The molecule has 5 heteroatoms. The number of halogens is 1. The topological polar surface area (TPSA) is 64.7 Å². The van der Waals surface area contributed by atoms with Crippen LogP contribution in [0.2, 0.25) is 0 Å². The molecule has 0 saturated heterocycles. The van der Waals surface area contributed by atoms with E-state index in [0.29, 0.717) is 11.1 Å². The lowest BCUT2D eigenvalue weighted by atomic mass is 10.1. The number of rotatable bonds is 1. The lowest BCUT2D eigenvalue weighted by Gasteiger charge is -2.06. The Morgan fingerprint density at radius 2 is 1.89 bits per heavy atom. The van der Waals surface area contributed by atoms with Crippen LogP contribution in [0.3, 0.4) is 0 Å². The van der Waals surface area contributed by atoms with Gasteiger partial charge in [-0.25, -0.2) is 14.4 Å². The molecule has 88 valence electrons. The Labute approximate surface area is 102 Å². The van der Waals surface area contributed by atoms with E-state index in [2.05, 4.69) is 15.0 Å². The molecule has 3 rings (SSSR count). The van der Waals surface area contributed by atoms with Gasteiger partial charge in [0, 0.05) is 17.1 Å². The summed E-state index contributed by atoms with van der Waals surface area (Å²) in [5, 5.41) is 0.923. The van der Waals surface area contributed by atoms with Gasteiger partial charge >= 0.3 is 0 Å². The molecule has 0 aliphatic carbocycles. The predicted molar refractivity (Wildman–Crippen MR) is 67.1 cm³/mol. The lowest BCUT2D eigenvalue weighted by Crippen LogP contribution is -1.99. The zero-order valence-electron chi connectivity index (χ0n) is 9.34. The van der Waals surface area contributed by atoms with Crippen LogP contribution in [0.15, 0.2) is 42.7 Å². The third kappa shape index (κ3) is 1.66. The van der Waals surface area contributed by atoms with Gasteiger partial charge in [0.25, 0.3) is 0 Å². The van der Waals surface area contributed by atoms with E-state index < -0.39 is 5.82 Å². The van der Waals surface area contributed by atoms with Gasteiger partial charge < -0.3 is 5.73 Å². The van der Waals surface area contributed by atoms with Crippen molar-refractivity contribution < 1.29 is 4.39 Å². The van der Waals surface area contributed by atoms with Gasteiger partial charge in [-0.3, -0.25) is 4.98 Å². The molecule has 2 aromatic heterocycles. The molecule has 4 nitrogen and oxygen atoms in total. The minimum atomic E-state index is -0.512. The number of pyridine rings is 1. The fourth-order valence-corrected chi connectivity index (χ4v) is 1.86. The standard InChI is InChI=1S/C13H9FN4/c14-10-7-17-13(15)18-12(10)9-5-1-3-8-4-2-6-16-11(8)9/h1-7H,(H2,15,17,18). The van der Waals surface area contributed by atoms with Crippen LogP contribution in [0, 0.1) is 5.82 Å². The summed E-state index contributed by atoms with van der Waals surface area (Å²) in [6.07, 6.45) is 2.73. The van der Waals surface area contributed by atoms with Crippen molar-refractivity contribution in [1.82, 2.24) is 15.0 Å². The van der Waals surface area contributed by atoms with E-state index in [4.69, 9.17) is 5.73 Å². The molecule has 18 heavy (non-hydrogen) atoms. The summed E-state index contributed by atoms with van der Waals surface area (Å²) in [4.78, 5) is 11.8. The highest BCUT2D eigenvalue weighted by molar-refractivity contribution is 5.92. The minimum absolute atomic E-state index is 0.0411. The van der Waals surface area contributed by atoms with Gasteiger partial charge in [-0.2, -0.15) is 0 Å². The van der Waals surface area contributed by atoms with E-state index in [0.717, 1.165) is 11.6 Å². The van der Waals surface area contributed by atoms with Crippen molar-refractivity contribution in [2.24, 2.45) is 0 Å². The molecule has 0 unspecified atom stereocenters. The SMILES string of the molecule is Nc1ncc(F)c(-c2cccc3cccnc23)n1. The maximum absolute atomic E-state index is 13.8. The van der Waals surface area contributed by atoms with Crippen LogP contribution in [-0.2, 0) is 0 Å². The first kappa shape index (κ1) is 10.6. The number of aromatic nitrogens is 3. The molecule has 0 radical (unpaired) electrons. The van der Waals surface area contributed by atoms with Gasteiger partial charge in [-0.15, -0.1) is 0 Å². The maximum Gasteiger partial charge on any atom is 0.220 e. The van der Waals surface area contributed by atoms with Crippen LogP contribution in [0.25, 0.3) is 22.2 Å². The number of nitrogens with two attached hydrogens (primary N) is 1. The van der Waals surface area contributed by atoms with Crippen molar-refractivity contribution in [2.75, 3.05) is 5.73 Å². The van der Waals surface area contributed by atoms with E-state index in [1.54, 1.807) is 12.3 Å². The molecule has 0 fully saturated rings. The lowest BCUT2D eigenvalue weighted by molar-refractivity contribution is 0.619. The van der Waals surface area contributed by atoms with Crippen LogP contribution < -0.4 is 5.73 Å². The molecule has 0 saturated carbocycles. The highest BCUT2D eigenvalue weighted by atomic mass is 19.1. The number of anilines is 1. The number of nitrogen functional groups attached to an aromatic ring is 1. The molecule has 0 aliphatic rings. The van der Waals surface area contributed by atoms with E-state index >= 15 is 0 Å². The van der Waals surface area contributed by atoms with E-state index in [-0.39, 0.29) is 11.6 Å².